The third-order valence-corrected chi connectivity index (χ3v) is 6.52. The standard InChI is InChI=1S/C28H24N2O4/c1-32-20-13-14-21-24(16-20)33-26(25(21)18-8-3-2-4-9-18)28(31)30-15-7-10-19(17-30)27-29-22-11-5-6-12-23(22)34-27/h2-6,8-9,11-14,16,19H,7,10,15,17H2,1H3. The first-order valence-electron chi connectivity index (χ1n) is 11.5. The van der Waals surface area contributed by atoms with Gasteiger partial charge in [0, 0.05) is 30.1 Å². The van der Waals surface area contributed by atoms with Gasteiger partial charge in [-0.1, -0.05) is 42.5 Å². The van der Waals surface area contributed by atoms with Crippen LogP contribution < -0.4 is 4.74 Å². The van der Waals surface area contributed by atoms with Gasteiger partial charge in [0.15, 0.2) is 11.5 Å². The number of benzene rings is 3. The predicted molar refractivity (Wildman–Crippen MR) is 130 cm³/mol. The molecule has 0 N–H and O–H groups in total. The lowest BCUT2D eigenvalue weighted by Crippen LogP contribution is -2.39. The number of furan rings is 1. The van der Waals surface area contributed by atoms with Crippen molar-refractivity contribution in [3.05, 3.63) is 84.4 Å². The molecule has 0 bridgehead atoms. The first-order valence-corrected chi connectivity index (χ1v) is 11.5. The Balaban J connectivity index is 1.37. The lowest BCUT2D eigenvalue weighted by atomic mass is 9.96. The number of ether oxygens (including phenoxy) is 1. The van der Waals surface area contributed by atoms with Crippen LogP contribution in [0.5, 0.6) is 5.75 Å². The average molecular weight is 453 g/mol. The van der Waals surface area contributed by atoms with Crippen molar-refractivity contribution < 1.29 is 18.4 Å². The number of carbonyl (C=O) groups excluding carboxylic acids is 1. The maximum absolute atomic E-state index is 13.8. The summed E-state index contributed by atoms with van der Waals surface area (Å²) in [5.74, 6) is 1.67. The molecule has 6 rings (SSSR count). The fourth-order valence-electron chi connectivity index (χ4n) is 4.82. The Hall–Kier alpha value is -4.06. The molecule has 1 saturated heterocycles. The average Bonchev–Trinajstić information content (AvgIpc) is 3.50. The molecule has 5 aromatic rings. The second-order valence-corrected chi connectivity index (χ2v) is 8.64. The smallest absolute Gasteiger partial charge is 0.290 e. The van der Waals surface area contributed by atoms with Gasteiger partial charge in [-0.3, -0.25) is 4.79 Å². The van der Waals surface area contributed by atoms with E-state index in [9.17, 15) is 4.79 Å². The largest absolute Gasteiger partial charge is 0.497 e. The summed E-state index contributed by atoms with van der Waals surface area (Å²) in [6.07, 6.45) is 1.81. The number of amides is 1. The summed E-state index contributed by atoms with van der Waals surface area (Å²) in [4.78, 5) is 20.4. The first kappa shape index (κ1) is 20.5. The van der Waals surface area contributed by atoms with Crippen molar-refractivity contribution >= 4 is 28.0 Å². The van der Waals surface area contributed by atoms with Gasteiger partial charge in [0.05, 0.1) is 13.0 Å². The predicted octanol–water partition coefficient (Wildman–Crippen LogP) is 6.27. The zero-order valence-electron chi connectivity index (χ0n) is 18.9. The molecule has 1 atom stereocenters. The van der Waals surface area contributed by atoms with Crippen LogP contribution in [0.25, 0.3) is 33.2 Å². The van der Waals surface area contributed by atoms with Gasteiger partial charge in [0.25, 0.3) is 5.91 Å². The summed E-state index contributed by atoms with van der Waals surface area (Å²) in [6, 6.07) is 23.3. The number of aromatic nitrogens is 1. The van der Waals surface area contributed by atoms with Crippen LogP contribution in [0.1, 0.15) is 35.2 Å². The van der Waals surface area contributed by atoms with Crippen molar-refractivity contribution in [1.29, 1.82) is 0 Å². The van der Waals surface area contributed by atoms with Crippen LogP contribution in [-0.2, 0) is 0 Å². The molecule has 1 aliphatic rings. The number of rotatable bonds is 4. The Morgan fingerprint density at radius 1 is 1.00 bits per heavy atom. The number of oxazole rings is 1. The van der Waals surface area contributed by atoms with Crippen LogP contribution in [-0.4, -0.2) is 36.0 Å². The van der Waals surface area contributed by atoms with E-state index in [1.807, 2.05) is 77.7 Å². The number of nitrogens with zero attached hydrogens (tertiary/aromatic N) is 2. The second-order valence-electron chi connectivity index (χ2n) is 8.64. The quantitative estimate of drug-likeness (QED) is 0.321. The zero-order chi connectivity index (χ0) is 23.1. The highest BCUT2D eigenvalue weighted by atomic mass is 16.5. The summed E-state index contributed by atoms with van der Waals surface area (Å²) < 4.78 is 17.6. The first-order chi connectivity index (χ1) is 16.7. The minimum atomic E-state index is -0.116. The molecule has 0 saturated carbocycles. The summed E-state index contributed by atoms with van der Waals surface area (Å²) in [6.45, 7) is 1.21. The number of methoxy groups -OCH3 is 1. The third kappa shape index (κ3) is 3.52. The van der Waals surface area contributed by atoms with E-state index < -0.39 is 0 Å². The molecule has 3 aromatic carbocycles. The van der Waals surface area contributed by atoms with E-state index in [4.69, 9.17) is 13.6 Å². The van der Waals surface area contributed by atoms with Gasteiger partial charge in [-0.15, -0.1) is 0 Å². The normalized spacial score (nSPS) is 16.3. The number of carbonyl (C=O) groups is 1. The summed E-state index contributed by atoms with van der Waals surface area (Å²) in [5, 5.41) is 0.892. The van der Waals surface area contributed by atoms with Gasteiger partial charge in [0.1, 0.15) is 16.8 Å². The van der Waals surface area contributed by atoms with Gasteiger partial charge in [-0.2, -0.15) is 0 Å². The number of para-hydroxylation sites is 2. The maximum Gasteiger partial charge on any atom is 0.290 e. The fraction of sp³-hybridized carbons (Fsp3) is 0.214. The molecule has 0 spiro atoms. The monoisotopic (exact) mass is 452 g/mol. The summed E-state index contributed by atoms with van der Waals surface area (Å²) >= 11 is 0. The lowest BCUT2D eigenvalue weighted by molar-refractivity contribution is 0.0670. The van der Waals surface area contributed by atoms with Crippen LogP contribution >= 0.6 is 0 Å². The number of likely N-dealkylation sites (tertiary alicyclic amines) is 1. The van der Waals surface area contributed by atoms with E-state index in [0.717, 1.165) is 40.5 Å². The van der Waals surface area contributed by atoms with Crippen LogP contribution in [0.4, 0.5) is 0 Å². The molecule has 6 heteroatoms. The molecule has 34 heavy (non-hydrogen) atoms. The lowest BCUT2D eigenvalue weighted by Gasteiger charge is -2.30. The Kier molecular flexibility index (Phi) is 5.06. The number of piperidine rings is 1. The molecule has 1 aliphatic heterocycles. The summed E-state index contributed by atoms with van der Waals surface area (Å²) in [5.41, 5.74) is 4.01. The number of hydrogen-bond donors (Lipinski definition) is 0. The minimum Gasteiger partial charge on any atom is -0.497 e. The van der Waals surface area contributed by atoms with Crippen molar-refractivity contribution in [1.82, 2.24) is 9.88 Å². The minimum absolute atomic E-state index is 0.0507. The Morgan fingerprint density at radius 3 is 2.65 bits per heavy atom. The molecule has 1 fully saturated rings. The second kappa shape index (κ2) is 8.37. The fourth-order valence-corrected chi connectivity index (χ4v) is 4.82. The van der Waals surface area contributed by atoms with Crippen molar-refractivity contribution in [2.75, 3.05) is 20.2 Å². The van der Waals surface area contributed by atoms with E-state index in [1.165, 1.54) is 0 Å². The number of hydrogen-bond acceptors (Lipinski definition) is 5. The molecule has 170 valence electrons. The van der Waals surface area contributed by atoms with Crippen LogP contribution in [0, 0.1) is 0 Å². The SMILES string of the molecule is COc1ccc2c(-c3ccccc3)c(C(=O)N3CCCC(c4nc5ccccc5o4)C3)oc2c1. The molecule has 1 amide bonds. The molecular formula is C28H24N2O4. The number of fused-ring (bicyclic) bond motifs is 2. The van der Waals surface area contributed by atoms with Gasteiger partial charge >= 0.3 is 0 Å². The van der Waals surface area contributed by atoms with Gasteiger partial charge < -0.3 is 18.5 Å². The highest BCUT2D eigenvalue weighted by Crippen LogP contribution is 2.38. The molecule has 0 radical (unpaired) electrons. The molecule has 3 heterocycles. The van der Waals surface area contributed by atoms with E-state index in [0.29, 0.717) is 36.1 Å². The van der Waals surface area contributed by atoms with E-state index in [2.05, 4.69) is 4.98 Å². The highest BCUT2D eigenvalue weighted by molar-refractivity contribution is 6.08. The molecule has 0 aliphatic carbocycles. The van der Waals surface area contributed by atoms with Crippen molar-refractivity contribution in [2.24, 2.45) is 0 Å². The molecule has 2 aromatic heterocycles. The van der Waals surface area contributed by atoms with E-state index >= 15 is 0 Å². The van der Waals surface area contributed by atoms with Crippen molar-refractivity contribution in [2.45, 2.75) is 18.8 Å². The van der Waals surface area contributed by atoms with Crippen LogP contribution in [0.2, 0.25) is 0 Å². The Labute approximate surface area is 196 Å². The van der Waals surface area contributed by atoms with Crippen molar-refractivity contribution in [3.63, 3.8) is 0 Å². The molecular weight excluding hydrogens is 428 g/mol. The summed E-state index contributed by atoms with van der Waals surface area (Å²) in [7, 11) is 1.62. The van der Waals surface area contributed by atoms with Crippen LogP contribution in [0.15, 0.2) is 81.6 Å². The Bertz CT molecular complexity index is 1450. The van der Waals surface area contributed by atoms with Gasteiger partial charge in [-0.05, 0) is 42.7 Å². The van der Waals surface area contributed by atoms with Crippen molar-refractivity contribution in [3.8, 4) is 16.9 Å². The van der Waals surface area contributed by atoms with E-state index in [-0.39, 0.29) is 11.8 Å². The zero-order valence-corrected chi connectivity index (χ0v) is 18.9. The third-order valence-electron chi connectivity index (χ3n) is 6.52. The van der Waals surface area contributed by atoms with E-state index in [1.54, 1.807) is 7.11 Å². The van der Waals surface area contributed by atoms with Gasteiger partial charge in [0.2, 0.25) is 5.76 Å². The molecule has 6 nitrogen and oxygen atoms in total. The van der Waals surface area contributed by atoms with Gasteiger partial charge in [-0.25, -0.2) is 4.98 Å². The Morgan fingerprint density at radius 2 is 1.82 bits per heavy atom. The molecule has 1 unspecified atom stereocenters. The highest BCUT2D eigenvalue weighted by Gasteiger charge is 2.32. The maximum atomic E-state index is 13.8. The van der Waals surface area contributed by atoms with Crippen LogP contribution in [0.3, 0.4) is 0 Å². The topological polar surface area (TPSA) is 68.7 Å².